The van der Waals surface area contributed by atoms with E-state index in [1.54, 1.807) is 0 Å². The molecule has 0 amide bonds. The van der Waals surface area contributed by atoms with Gasteiger partial charge in [-0.05, 0) is 39.0 Å². The van der Waals surface area contributed by atoms with Gasteiger partial charge < -0.3 is 4.74 Å². The molecule has 0 spiro atoms. The first-order valence-electron chi connectivity index (χ1n) is 5.40. The number of allylic oxidation sites excluding steroid dienone is 1. The molecule has 1 aliphatic carbocycles. The van der Waals surface area contributed by atoms with Gasteiger partial charge in [-0.25, -0.2) is 0 Å². The van der Waals surface area contributed by atoms with Crippen molar-refractivity contribution < 1.29 is 4.74 Å². The SMILES string of the molecule is CCOC1(C(C)C)CC=C(C)CC1. The van der Waals surface area contributed by atoms with Crippen molar-refractivity contribution in [3.05, 3.63) is 11.6 Å². The molecular formula is C12H22O. The lowest BCUT2D eigenvalue weighted by Crippen LogP contribution is -2.39. The Morgan fingerprint density at radius 1 is 1.54 bits per heavy atom. The zero-order valence-electron chi connectivity index (χ0n) is 9.39. The summed E-state index contributed by atoms with van der Waals surface area (Å²) in [6.45, 7) is 9.69. The van der Waals surface area contributed by atoms with Crippen molar-refractivity contribution in [1.29, 1.82) is 0 Å². The number of hydrogen-bond donors (Lipinski definition) is 0. The molecule has 1 aliphatic rings. The summed E-state index contributed by atoms with van der Waals surface area (Å²) in [5.74, 6) is 0.622. The molecule has 0 aliphatic heterocycles. The Labute approximate surface area is 82.2 Å². The van der Waals surface area contributed by atoms with E-state index in [-0.39, 0.29) is 5.60 Å². The third kappa shape index (κ3) is 2.34. The first-order chi connectivity index (χ1) is 6.10. The zero-order valence-corrected chi connectivity index (χ0v) is 9.39. The fourth-order valence-electron chi connectivity index (χ4n) is 2.07. The van der Waals surface area contributed by atoms with Crippen molar-refractivity contribution >= 4 is 0 Å². The first kappa shape index (κ1) is 10.8. The summed E-state index contributed by atoms with van der Waals surface area (Å²) < 4.78 is 5.94. The molecule has 0 fully saturated rings. The molecule has 0 saturated carbocycles. The quantitative estimate of drug-likeness (QED) is 0.606. The van der Waals surface area contributed by atoms with Gasteiger partial charge in [-0.3, -0.25) is 0 Å². The van der Waals surface area contributed by atoms with Crippen LogP contribution in [0.2, 0.25) is 0 Å². The van der Waals surface area contributed by atoms with Crippen LogP contribution in [-0.4, -0.2) is 12.2 Å². The van der Waals surface area contributed by atoms with Crippen molar-refractivity contribution in [3.8, 4) is 0 Å². The van der Waals surface area contributed by atoms with Crippen LogP contribution in [0.25, 0.3) is 0 Å². The maximum atomic E-state index is 5.94. The molecule has 0 N–H and O–H groups in total. The van der Waals surface area contributed by atoms with Gasteiger partial charge in [-0.2, -0.15) is 0 Å². The molecule has 13 heavy (non-hydrogen) atoms. The summed E-state index contributed by atoms with van der Waals surface area (Å²) in [7, 11) is 0. The summed E-state index contributed by atoms with van der Waals surface area (Å²) in [6, 6.07) is 0. The Bertz CT molecular complexity index is 193. The van der Waals surface area contributed by atoms with Crippen LogP contribution in [0.4, 0.5) is 0 Å². The minimum absolute atomic E-state index is 0.133. The monoisotopic (exact) mass is 182 g/mol. The summed E-state index contributed by atoms with van der Waals surface area (Å²) in [6.07, 6.45) is 5.85. The fourth-order valence-corrected chi connectivity index (χ4v) is 2.07. The van der Waals surface area contributed by atoms with Crippen LogP contribution in [0, 0.1) is 5.92 Å². The van der Waals surface area contributed by atoms with E-state index in [9.17, 15) is 0 Å². The summed E-state index contributed by atoms with van der Waals surface area (Å²) in [5.41, 5.74) is 1.66. The average molecular weight is 182 g/mol. The van der Waals surface area contributed by atoms with Gasteiger partial charge in [0.15, 0.2) is 0 Å². The molecule has 0 radical (unpaired) electrons. The third-order valence-corrected chi connectivity index (χ3v) is 3.22. The Morgan fingerprint density at radius 2 is 2.23 bits per heavy atom. The highest BCUT2D eigenvalue weighted by atomic mass is 16.5. The summed E-state index contributed by atoms with van der Waals surface area (Å²) >= 11 is 0. The van der Waals surface area contributed by atoms with Crippen LogP contribution in [0.1, 0.15) is 47.0 Å². The zero-order chi connectivity index (χ0) is 9.90. The topological polar surface area (TPSA) is 9.23 Å². The van der Waals surface area contributed by atoms with Crippen LogP contribution >= 0.6 is 0 Å². The third-order valence-electron chi connectivity index (χ3n) is 3.22. The standard InChI is InChI=1S/C12H22O/c1-5-13-12(10(2)3)8-6-11(4)7-9-12/h6,10H,5,7-9H2,1-4H3. The Kier molecular flexibility index (Phi) is 3.55. The molecule has 0 aromatic rings. The van der Waals surface area contributed by atoms with Crippen molar-refractivity contribution in [2.24, 2.45) is 5.92 Å². The normalized spacial score (nSPS) is 29.2. The van der Waals surface area contributed by atoms with Gasteiger partial charge in [0, 0.05) is 6.61 Å². The molecule has 0 aromatic heterocycles. The second-order valence-electron chi connectivity index (χ2n) is 4.41. The van der Waals surface area contributed by atoms with Gasteiger partial charge in [-0.15, -0.1) is 0 Å². The van der Waals surface area contributed by atoms with E-state index >= 15 is 0 Å². The largest absolute Gasteiger partial charge is 0.375 e. The van der Waals surface area contributed by atoms with Crippen LogP contribution < -0.4 is 0 Å². The van der Waals surface area contributed by atoms with E-state index in [1.807, 2.05) is 0 Å². The van der Waals surface area contributed by atoms with E-state index < -0.39 is 0 Å². The fraction of sp³-hybridized carbons (Fsp3) is 0.833. The Morgan fingerprint density at radius 3 is 2.62 bits per heavy atom. The molecule has 1 rings (SSSR count). The molecular weight excluding hydrogens is 160 g/mol. The van der Waals surface area contributed by atoms with Crippen LogP contribution in [-0.2, 0) is 4.74 Å². The van der Waals surface area contributed by atoms with Crippen LogP contribution in [0.15, 0.2) is 11.6 Å². The number of hydrogen-bond acceptors (Lipinski definition) is 1. The molecule has 1 nitrogen and oxygen atoms in total. The van der Waals surface area contributed by atoms with Crippen molar-refractivity contribution in [2.45, 2.75) is 52.6 Å². The molecule has 1 heteroatoms. The van der Waals surface area contributed by atoms with Crippen molar-refractivity contribution in [2.75, 3.05) is 6.61 Å². The minimum Gasteiger partial charge on any atom is -0.375 e. The van der Waals surface area contributed by atoms with E-state index in [4.69, 9.17) is 4.74 Å². The lowest BCUT2D eigenvalue weighted by atomic mass is 9.78. The van der Waals surface area contributed by atoms with E-state index in [0.717, 1.165) is 13.0 Å². The first-order valence-corrected chi connectivity index (χ1v) is 5.40. The predicted octanol–water partition coefficient (Wildman–Crippen LogP) is 3.55. The van der Waals surface area contributed by atoms with Gasteiger partial charge in [0.05, 0.1) is 5.60 Å². The number of rotatable bonds is 3. The predicted molar refractivity (Wildman–Crippen MR) is 56.8 cm³/mol. The van der Waals surface area contributed by atoms with Gasteiger partial charge in [0.2, 0.25) is 0 Å². The molecule has 76 valence electrons. The summed E-state index contributed by atoms with van der Waals surface area (Å²) in [4.78, 5) is 0. The molecule has 0 saturated heterocycles. The maximum absolute atomic E-state index is 5.94. The Hall–Kier alpha value is -0.300. The minimum atomic E-state index is 0.133. The van der Waals surface area contributed by atoms with Crippen molar-refractivity contribution in [1.82, 2.24) is 0 Å². The second kappa shape index (κ2) is 4.28. The second-order valence-corrected chi connectivity index (χ2v) is 4.41. The van der Waals surface area contributed by atoms with Gasteiger partial charge >= 0.3 is 0 Å². The maximum Gasteiger partial charge on any atom is 0.0742 e. The molecule has 0 aromatic carbocycles. The van der Waals surface area contributed by atoms with Crippen molar-refractivity contribution in [3.63, 3.8) is 0 Å². The van der Waals surface area contributed by atoms with Gasteiger partial charge in [0.25, 0.3) is 0 Å². The Balaban J connectivity index is 2.70. The van der Waals surface area contributed by atoms with Crippen LogP contribution in [0.5, 0.6) is 0 Å². The van der Waals surface area contributed by atoms with E-state index in [2.05, 4.69) is 33.8 Å². The number of ether oxygens (including phenoxy) is 1. The highest BCUT2D eigenvalue weighted by molar-refractivity contribution is 5.09. The molecule has 0 bridgehead atoms. The average Bonchev–Trinajstić information content (AvgIpc) is 2.09. The lowest BCUT2D eigenvalue weighted by Gasteiger charge is -2.39. The summed E-state index contributed by atoms with van der Waals surface area (Å²) in [5, 5.41) is 0. The molecule has 1 atom stereocenters. The smallest absolute Gasteiger partial charge is 0.0742 e. The van der Waals surface area contributed by atoms with E-state index in [1.165, 1.54) is 18.4 Å². The molecule has 1 unspecified atom stereocenters. The highest BCUT2D eigenvalue weighted by Gasteiger charge is 2.34. The van der Waals surface area contributed by atoms with Gasteiger partial charge in [-0.1, -0.05) is 25.5 Å². The van der Waals surface area contributed by atoms with Gasteiger partial charge in [0.1, 0.15) is 0 Å². The van der Waals surface area contributed by atoms with Crippen LogP contribution in [0.3, 0.4) is 0 Å². The lowest BCUT2D eigenvalue weighted by molar-refractivity contribution is -0.0794. The molecule has 0 heterocycles. The van der Waals surface area contributed by atoms with E-state index in [0.29, 0.717) is 5.92 Å². The highest BCUT2D eigenvalue weighted by Crippen LogP contribution is 2.36.